The minimum atomic E-state index is -0.564. The van der Waals surface area contributed by atoms with Crippen molar-refractivity contribution in [3.05, 3.63) is 68.9 Å². The Balaban J connectivity index is 2.38. The molecule has 0 saturated heterocycles. The lowest BCUT2D eigenvalue weighted by atomic mass is 10.2. The maximum Gasteiger partial charge on any atom is 0.343 e. The average Bonchev–Trinajstić information content (AvgIpc) is 2.58. The predicted octanol–water partition coefficient (Wildman–Crippen LogP) is 3.20. The third-order valence-electron chi connectivity index (χ3n) is 3.33. The van der Waals surface area contributed by atoms with Gasteiger partial charge in [0.25, 0.3) is 0 Å². The van der Waals surface area contributed by atoms with Crippen LogP contribution in [0.25, 0.3) is 0 Å². The van der Waals surface area contributed by atoms with Gasteiger partial charge in [-0.3, -0.25) is 4.79 Å². The van der Waals surface area contributed by atoms with E-state index in [0.717, 1.165) is 5.56 Å². The SMILES string of the molecule is COc1ccc(C(=O)Oc2c(C)cc(C)cc(C)c2=O)cc1. The van der Waals surface area contributed by atoms with Crippen LogP contribution >= 0.6 is 0 Å². The molecule has 4 nitrogen and oxygen atoms in total. The third-order valence-corrected chi connectivity index (χ3v) is 3.33. The molecule has 0 heterocycles. The maximum atomic E-state index is 12.3. The zero-order chi connectivity index (χ0) is 16.3. The first-order valence-corrected chi connectivity index (χ1v) is 6.90. The maximum absolute atomic E-state index is 12.3. The van der Waals surface area contributed by atoms with E-state index in [1.165, 1.54) is 0 Å². The normalized spacial score (nSPS) is 10.2. The summed E-state index contributed by atoms with van der Waals surface area (Å²) in [5.41, 5.74) is 2.22. The summed E-state index contributed by atoms with van der Waals surface area (Å²) in [6.07, 6.45) is 0. The quantitative estimate of drug-likeness (QED) is 0.817. The third kappa shape index (κ3) is 3.34. The molecule has 0 amide bonds. The number of hydrogen-bond donors (Lipinski definition) is 0. The molecule has 0 saturated carbocycles. The van der Waals surface area contributed by atoms with E-state index in [9.17, 15) is 9.59 Å². The van der Waals surface area contributed by atoms with E-state index in [-0.39, 0.29) is 11.2 Å². The molecular weight excluding hydrogens is 280 g/mol. The van der Waals surface area contributed by atoms with Gasteiger partial charge in [0.15, 0.2) is 5.75 Å². The number of benzene rings is 1. The molecule has 2 rings (SSSR count). The Morgan fingerprint density at radius 3 is 2.14 bits per heavy atom. The number of esters is 1. The number of carbonyl (C=O) groups is 1. The molecule has 0 aromatic heterocycles. The Morgan fingerprint density at radius 1 is 0.955 bits per heavy atom. The van der Waals surface area contributed by atoms with E-state index in [2.05, 4.69) is 0 Å². The summed E-state index contributed by atoms with van der Waals surface area (Å²) >= 11 is 0. The molecule has 0 atom stereocenters. The highest BCUT2D eigenvalue weighted by molar-refractivity contribution is 5.91. The van der Waals surface area contributed by atoms with Crippen molar-refractivity contribution in [1.82, 2.24) is 0 Å². The largest absolute Gasteiger partial charge is 0.497 e. The van der Waals surface area contributed by atoms with Gasteiger partial charge in [-0.2, -0.15) is 0 Å². The second-order valence-electron chi connectivity index (χ2n) is 5.17. The van der Waals surface area contributed by atoms with Gasteiger partial charge in [-0.05, 0) is 50.6 Å². The summed E-state index contributed by atoms with van der Waals surface area (Å²) < 4.78 is 10.4. The van der Waals surface area contributed by atoms with Crippen molar-refractivity contribution in [3.63, 3.8) is 0 Å². The molecule has 0 aliphatic carbocycles. The van der Waals surface area contributed by atoms with Crippen molar-refractivity contribution >= 4 is 5.97 Å². The number of hydrogen-bond acceptors (Lipinski definition) is 4. The van der Waals surface area contributed by atoms with Crippen LogP contribution in [-0.4, -0.2) is 13.1 Å². The van der Waals surface area contributed by atoms with E-state index in [0.29, 0.717) is 22.4 Å². The van der Waals surface area contributed by atoms with E-state index in [1.807, 2.05) is 13.0 Å². The van der Waals surface area contributed by atoms with Crippen LogP contribution in [0.3, 0.4) is 0 Å². The second kappa shape index (κ2) is 6.43. The number of methoxy groups -OCH3 is 1. The summed E-state index contributed by atoms with van der Waals surface area (Å²) in [4.78, 5) is 24.5. The van der Waals surface area contributed by atoms with E-state index in [4.69, 9.17) is 9.47 Å². The molecule has 0 fully saturated rings. The highest BCUT2D eigenvalue weighted by atomic mass is 16.5. The van der Waals surface area contributed by atoms with Crippen LogP contribution in [0.15, 0.2) is 41.2 Å². The molecule has 114 valence electrons. The first kappa shape index (κ1) is 15.8. The molecule has 0 spiro atoms. The fourth-order valence-corrected chi connectivity index (χ4v) is 2.22. The summed E-state index contributed by atoms with van der Waals surface area (Å²) in [7, 11) is 1.55. The molecule has 0 aliphatic rings. The summed E-state index contributed by atoms with van der Waals surface area (Å²) in [6.45, 7) is 5.36. The van der Waals surface area contributed by atoms with Gasteiger partial charge in [0.1, 0.15) is 5.75 Å². The smallest absolute Gasteiger partial charge is 0.343 e. The minimum Gasteiger partial charge on any atom is -0.497 e. The van der Waals surface area contributed by atoms with Gasteiger partial charge < -0.3 is 9.47 Å². The first-order chi connectivity index (χ1) is 10.4. The highest BCUT2D eigenvalue weighted by Crippen LogP contribution is 2.17. The number of rotatable bonds is 3. The highest BCUT2D eigenvalue weighted by Gasteiger charge is 2.14. The molecule has 2 aromatic rings. The lowest BCUT2D eigenvalue weighted by Crippen LogP contribution is -2.15. The molecule has 22 heavy (non-hydrogen) atoms. The molecule has 2 aromatic carbocycles. The Labute approximate surface area is 129 Å². The minimum absolute atomic E-state index is 0.0754. The lowest BCUT2D eigenvalue weighted by Gasteiger charge is -2.05. The van der Waals surface area contributed by atoms with Crippen LogP contribution in [0.4, 0.5) is 0 Å². The molecule has 0 bridgehead atoms. The van der Waals surface area contributed by atoms with Crippen molar-refractivity contribution in [1.29, 1.82) is 0 Å². The van der Waals surface area contributed by atoms with E-state index in [1.54, 1.807) is 51.3 Å². The summed E-state index contributed by atoms with van der Waals surface area (Å²) in [5, 5.41) is 0. The van der Waals surface area contributed by atoms with Crippen molar-refractivity contribution in [2.45, 2.75) is 20.8 Å². The Morgan fingerprint density at radius 2 is 1.55 bits per heavy atom. The monoisotopic (exact) mass is 298 g/mol. The Hall–Kier alpha value is -2.62. The molecular formula is C18H18O4. The van der Waals surface area contributed by atoms with Gasteiger partial charge in [0.05, 0.1) is 12.7 Å². The molecule has 0 aliphatic heterocycles. The molecule has 0 N–H and O–H groups in total. The zero-order valence-electron chi connectivity index (χ0n) is 13.1. The van der Waals surface area contributed by atoms with Crippen LogP contribution in [-0.2, 0) is 0 Å². The van der Waals surface area contributed by atoms with E-state index >= 15 is 0 Å². The van der Waals surface area contributed by atoms with Crippen LogP contribution in [0, 0.1) is 20.8 Å². The van der Waals surface area contributed by atoms with Crippen molar-refractivity contribution in [3.8, 4) is 11.5 Å². The average molecular weight is 298 g/mol. The number of ether oxygens (including phenoxy) is 2. The fraction of sp³-hybridized carbons (Fsp3) is 0.222. The van der Waals surface area contributed by atoms with Gasteiger partial charge in [-0.15, -0.1) is 0 Å². The Bertz CT molecular complexity index is 761. The Kier molecular flexibility index (Phi) is 4.61. The molecule has 0 unspecified atom stereocenters. The van der Waals surface area contributed by atoms with Gasteiger partial charge in [-0.25, -0.2) is 4.79 Å². The van der Waals surface area contributed by atoms with Gasteiger partial charge >= 0.3 is 5.97 Å². The van der Waals surface area contributed by atoms with Gasteiger partial charge in [0, 0.05) is 5.56 Å². The van der Waals surface area contributed by atoms with E-state index < -0.39 is 5.97 Å². The van der Waals surface area contributed by atoms with Crippen LogP contribution < -0.4 is 14.9 Å². The molecule has 0 radical (unpaired) electrons. The zero-order valence-corrected chi connectivity index (χ0v) is 13.1. The number of carbonyl (C=O) groups excluding carboxylic acids is 1. The summed E-state index contributed by atoms with van der Waals surface area (Å²) in [5.74, 6) is 0.160. The van der Waals surface area contributed by atoms with Crippen molar-refractivity contribution in [2.24, 2.45) is 0 Å². The topological polar surface area (TPSA) is 52.6 Å². The van der Waals surface area contributed by atoms with Crippen LogP contribution in [0.1, 0.15) is 27.0 Å². The van der Waals surface area contributed by atoms with Crippen LogP contribution in [0.2, 0.25) is 0 Å². The standard InChI is InChI=1S/C18H18O4/c1-11-9-12(2)16(19)17(13(3)10-11)22-18(20)14-5-7-15(21-4)8-6-14/h5-10H,1-4H3. The fourth-order valence-electron chi connectivity index (χ4n) is 2.22. The predicted molar refractivity (Wildman–Crippen MR) is 84.9 cm³/mol. The van der Waals surface area contributed by atoms with Crippen LogP contribution in [0.5, 0.6) is 11.5 Å². The number of aryl methyl sites for hydroxylation is 3. The first-order valence-electron chi connectivity index (χ1n) is 6.90. The summed E-state index contributed by atoms with van der Waals surface area (Å²) in [6, 6.07) is 10.1. The van der Waals surface area contributed by atoms with Gasteiger partial charge in [-0.1, -0.05) is 17.7 Å². The second-order valence-corrected chi connectivity index (χ2v) is 5.17. The van der Waals surface area contributed by atoms with Gasteiger partial charge in [0.2, 0.25) is 5.43 Å². The molecule has 4 heteroatoms. The van der Waals surface area contributed by atoms with Crippen molar-refractivity contribution < 1.29 is 14.3 Å². The van der Waals surface area contributed by atoms with Crippen molar-refractivity contribution in [2.75, 3.05) is 7.11 Å². The lowest BCUT2D eigenvalue weighted by molar-refractivity contribution is 0.0732.